The Hall–Kier alpha value is -2.82. The predicted octanol–water partition coefficient (Wildman–Crippen LogP) is 7.35. The number of fused-ring (bicyclic) bond motifs is 1. The van der Waals surface area contributed by atoms with Gasteiger partial charge < -0.3 is 14.6 Å². The van der Waals surface area contributed by atoms with E-state index in [-0.39, 0.29) is 5.92 Å². The molecule has 4 rings (SSSR count). The van der Waals surface area contributed by atoms with E-state index in [1.807, 2.05) is 72.8 Å². The van der Waals surface area contributed by atoms with Gasteiger partial charge in [-0.1, -0.05) is 68.8 Å². The first-order valence-corrected chi connectivity index (χ1v) is 11.1. The molecule has 30 heavy (non-hydrogen) atoms. The molecule has 1 heterocycles. The number of hydrogen-bond acceptors (Lipinski definition) is 4. The molecule has 2 unspecified atom stereocenters. The molecule has 3 aromatic carbocycles. The fourth-order valence-electron chi connectivity index (χ4n) is 3.31. The Kier molecular flexibility index (Phi) is 6.36. The number of benzene rings is 3. The monoisotopic (exact) mass is 418 g/mol. The van der Waals surface area contributed by atoms with Crippen molar-refractivity contribution in [2.24, 2.45) is 5.92 Å². The fraction of sp³-hybridized carbons (Fsp3) is 0.231. The molecule has 1 aromatic heterocycles. The number of thiophene rings is 1. The molecule has 0 aliphatic rings. The maximum atomic E-state index is 10.9. The van der Waals surface area contributed by atoms with E-state index >= 15 is 0 Å². The van der Waals surface area contributed by atoms with Crippen molar-refractivity contribution < 1.29 is 14.6 Å². The lowest BCUT2D eigenvalue weighted by molar-refractivity contribution is 0.117. The molecule has 0 aliphatic carbocycles. The van der Waals surface area contributed by atoms with Crippen molar-refractivity contribution >= 4 is 21.4 Å². The third kappa shape index (κ3) is 4.50. The van der Waals surface area contributed by atoms with Gasteiger partial charge in [-0.3, -0.25) is 0 Å². The number of ether oxygens (including phenoxy) is 2. The van der Waals surface area contributed by atoms with E-state index < -0.39 is 6.10 Å². The third-order valence-corrected chi connectivity index (χ3v) is 6.52. The molecule has 0 saturated carbocycles. The first-order valence-electron chi connectivity index (χ1n) is 10.3. The van der Waals surface area contributed by atoms with E-state index in [0.29, 0.717) is 12.4 Å². The van der Waals surface area contributed by atoms with Gasteiger partial charge in [0.05, 0.1) is 11.0 Å². The molecule has 1 N–H and O–H groups in total. The summed E-state index contributed by atoms with van der Waals surface area (Å²) in [5, 5.41) is 11.9. The van der Waals surface area contributed by atoms with E-state index in [1.54, 1.807) is 11.3 Å². The first kappa shape index (κ1) is 20.5. The summed E-state index contributed by atoms with van der Waals surface area (Å²) in [5.41, 5.74) is 1.12. The summed E-state index contributed by atoms with van der Waals surface area (Å²) in [5.74, 6) is 2.34. The van der Waals surface area contributed by atoms with E-state index in [4.69, 9.17) is 9.47 Å². The van der Waals surface area contributed by atoms with E-state index in [0.717, 1.165) is 38.4 Å². The lowest BCUT2D eigenvalue weighted by atomic mass is 10.00. The summed E-state index contributed by atoms with van der Waals surface area (Å²) in [6.45, 7) is 4.66. The second-order valence-electron chi connectivity index (χ2n) is 7.47. The molecule has 0 spiro atoms. The van der Waals surface area contributed by atoms with Crippen LogP contribution in [0.15, 0.2) is 78.9 Å². The van der Waals surface area contributed by atoms with Crippen molar-refractivity contribution in [3.63, 3.8) is 0 Å². The van der Waals surface area contributed by atoms with Crippen molar-refractivity contribution in [1.82, 2.24) is 0 Å². The van der Waals surface area contributed by atoms with Crippen LogP contribution in [-0.2, 0) is 6.61 Å². The molecule has 0 fully saturated rings. The van der Waals surface area contributed by atoms with Gasteiger partial charge in [0.15, 0.2) is 5.75 Å². The third-order valence-electron chi connectivity index (χ3n) is 5.30. The average molecular weight is 419 g/mol. The van der Waals surface area contributed by atoms with Gasteiger partial charge in [-0.25, -0.2) is 0 Å². The molecule has 0 saturated heterocycles. The highest BCUT2D eigenvalue weighted by molar-refractivity contribution is 7.19. The molecule has 0 radical (unpaired) electrons. The summed E-state index contributed by atoms with van der Waals surface area (Å²) in [7, 11) is 0. The maximum absolute atomic E-state index is 10.9. The normalized spacial score (nSPS) is 13.2. The van der Waals surface area contributed by atoms with Gasteiger partial charge >= 0.3 is 0 Å². The Labute approximate surface area is 181 Å². The molecular formula is C26H26O3S. The summed E-state index contributed by atoms with van der Waals surface area (Å²) >= 11 is 1.60. The standard InChI is InChI=1S/C26H26O3S/c1-3-18(2)24(27)26-25(22-14-7-8-15-23(22)30-26)29-21-13-9-12-20(16-21)28-17-19-10-5-4-6-11-19/h4-16,18,24,27H,3,17H2,1-2H3. The van der Waals surface area contributed by atoms with Crippen LogP contribution in [0.2, 0.25) is 0 Å². The van der Waals surface area contributed by atoms with Crippen LogP contribution in [0.4, 0.5) is 0 Å². The predicted molar refractivity (Wildman–Crippen MR) is 124 cm³/mol. The molecule has 4 heteroatoms. The van der Waals surface area contributed by atoms with Crippen LogP contribution in [0, 0.1) is 5.92 Å². The van der Waals surface area contributed by atoms with Crippen molar-refractivity contribution in [2.75, 3.05) is 0 Å². The summed E-state index contributed by atoms with van der Waals surface area (Å²) < 4.78 is 13.4. The second kappa shape index (κ2) is 9.33. The Morgan fingerprint density at radius 3 is 2.43 bits per heavy atom. The van der Waals surface area contributed by atoms with Crippen LogP contribution < -0.4 is 9.47 Å². The highest BCUT2D eigenvalue weighted by atomic mass is 32.1. The van der Waals surface area contributed by atoms with Gasteiger partial charge in [0.1, 0.15) is 18.1 Å². The van der Waals surface area contributed by atoms with Crippen molar-refractivity contribution in [3.8, 4) is 17.2 Å². The molecule has 0 bridgehead atoms. The Balaban J connectivity index is 1.61. The molecule has 4 aromatic rings. The maximum Gasteiger partial charge on any atom is 0.151 e. The molecular weight excluding hydrogens is 392 g/mol. The van der Waals surface area contributed by atoms with Crippen LogP contribution in [0.5, 0.6) is 17.2 Å². The molecule has 3 nitrogen and oxygen atoms in total. The lowest BCUT2D eigenvalue weighted by Gasteiger charge is -2.18. The van der Waals surface area contributed by atoms with Crippen molar-refractivity contribution in [1.29, 1.82) is 0 Å². The van der Waals surface area contributed by atoms with Gasteiger partial charge in [0.25, 0.3) is 0 Å². The molecule has 154 valence electrons. The van der Waals surface area contributed by atoms with Gasteiger partial charge in [-0.05, 0) is 35.7 Å². The highest BCUT2D eigenvalue weighted by Gasteiger charge is 2.24. The molecule has 0 aliphatic heterocycles. The quantitative estimate of drug-likeness (QED) is 0.325. The minimum absolute atomic E-state index is 0.154. The fourth-order valence-corrected chi connectivity index (χ4v) is 4.56. The SMILES string of the molecule is CCC(C)C(O)c1sc2ccccc2c1Oc1cccc(OCc2ccccc2)c1. The Bertz CT molecular complexity index is 1100. The van der Waals surface area contributed by atoms with Crippen LogP contribution >= 0.6 is 11.3 Å². The van der Waals surface area contributed by atoms with Crippen LogP contribution in [0.1, 0.15) is 36.8 Å². The van der Waals surface area contributed by atoms with E-state index in [9.17, 15) is 5.11 Å². The molecule has 2 atom stereocenters. The molecule has 0 amide bonds. The zero-order valence-corrected chi connectivity index (χ0v) is 18.1. The van der Waals surface area contributed by atoms with E-state index in [2.05, 4.69) is 19.9 Å². The number of hydrogen-bond donors (Lipinski definition) is 1. The van der Waals surface area contributed by atoms with E-state index in [1.165, 1.54) is 0 Å². The Morgan fingerprint density at radius 1 is 0.900 bits per heavy atom. The van der Waals surface area contributed by atoms with Crippen molar-refractivity contribution in [3.05, 3.63) is 89.3 Å². The lowest BCUT2D eigenvalue weighted by Crippen LogP contribution is -2.07. The smallest absolute Gasteiger partial charge is 0.151 e. The average Bonchev–Trinajstić information content (AvgIpc) is 3.16. The minimum Gasteiger partial charge on any atom is -0.489 e. The number of rotatable bonds is 8. The zero-order valence-electron chi connectivity index (χ0n) is 17.2. The minimum atomic E-state index is -0.556. The summed E-state index contributed by atoms with van der Waals surface area (Å²) in [6, 6.07) is 25.9. The van der Waals surface area contributed by atoms with Crippen LogP contribution in [0.3, 0.4) is 0 Å². The van der Waals surface area contributed by atoms with Gasteiger partial charge in [-0.2, -0.15) is 0 Å². The number of aliphatic hydroxyl groups excluding tert-OH is 1. The van der Waals surface area contributed by atoms with Crippen LogP contribution in [-0.4, -0.2) is 5.11 Å². The van der Waals surface area contributed by atoms with Crippen molar-refractivity contribution in [2.45, 2.75) is 33.0 Å². The van der Waals surface area contributed by atoms with Gasteiger partial charge in [-0.15, -0.1) is 11.3 Å². The summed E-state index contributed by atoms with van der Waals surface area (Å²) in [6.07, 6.45) is 0.345. The zero-order chi connectivity index (χ0) is 20.9. The van der Waals surface area contributed by atoms with Gasteiger partial charge in [0.2, 0.25) is 0 Å². The van der Waals surface area contributed by atoms with Crippen LogP contribution in [0.25, 0.3) is 10.1 Å². The number of aliphatic hydroxyl groups is 1. The largest absolute Gasteiger partial charge is 0.489 e. The topological polar surface area (TPSA) is 38.7 Å². The first-order chi connectivity index (χ1) is 14.7. The summed E-state index contributed by atoms with van der Waals surface area (Å²) in [4.78, 5) is 0.876. The highest BCUT2D eigenvalue weighted by Crippen LogP contribution is 2.45. The van der Waals surface area contributed by atoms with Gasteiger partial charge in [0, 0.05) is 16.2 Å². The second-order valence-corrected chi connectivity index (χ2v) is 8.56. The Morgan fingerprint density at radius 2 is 1.63 bits per heavy atom.